The van der Waals surface area contributed by atoms with E-state index >= 15 is 0 Å². The molecule has 0 aliphatic carbocycles. The minimum atomic E-state index is 0.360. The van der Waals surface area contributed by atoms with E-state index in [1.807, 2.05) is 23.9 Å². The maximum atomic E-state index is 5.28. The van der Waals surface area contributed by atoms with E-state index in [9.17, 15) is 0 Å². The summed E-state index contributed by atoms with van der Waals surface area (Å²) < 4.78 is 5.28. The highest BCUT2D eigenvalue weighted by Gasteiger charge is 2.25. The molecule has 1 aliphatic rings. The van der Waals surface area contributed by atoms with E-state index in [1.165, 1.54) is 6.42 Å². The average molecular weight is 292 g/mol. The number of rotatable bonds is 3. The Morgan fingerprint density at radius 2 is 2.15 bits per heavy atom. The van der Waals surface area contributed by atoms with Crippen LogP contribution in [0.1, 0.15) is 32.8 Å². The van der Waals surface area contributed by atoms with Crippen molar-refractivity contribution < 1.29 is 4.74 Å². The Morgan fingerprint density at radius 1 is 1.40 bits per heavy atom. The van der Waals surface area contributed by atoms with Gasteiger partial charge in [0.2, 0.25) is 0 Å². The van der Waals surface area contributed by atoms with Gasteiger partial charge in [0.1, 0.15) is 5.75 Å². The second-order valence-electron chi connectivity index (χ2n) is 6.46. The summed E-state index contributed by atoms with van der Waals surface area (Å²) in [6.45, 7) is 9.82. The van der Waals surface area contributed by atoms with Gasteiger partial charge in [-0.2, -0.15) is 0 Å². The molecule has 0 fully saturated rings. The van der Waals surface area contributed by atoms with E-state index < -0.39 is 0 Å². The molecule has 110 valence electrons. The largest absolute Gasteiger partial charge is 0.496 e. The Balaban J connectivity index is 1.94. The molecule has 0 amide bonds. The third kappa shape index (κ3) is 4.17. The predicted molar refractivity (Wildman–Crippen MR) is 89.1 cm³/mol. The summed E-state index contributed by atoms with van der Waals surface area (Å²) in [5, 5.41) is 5.03. The van der Waals surface area contributed by atoms with Crippen LogP contribution in [-0.4, -0.2) is 24.1 Å². The number of nitrogens with one attached hydrogen (secondary N) is 1. The molecule has 1 aromatic rings. The van der Waals surface area contributed by atoms with Crippen LogP contribution in [0.4, 0.5) is 5.69 Å². The molecule has 4 heteroatoms. The molecule has 0 spiro atoms. The Bertz CT molecular complexity index is 506. The lowest BCUT2D eigenvalue weighted by molar-refractivity contribution is 0.375. The van der Waals surface area contributed by atoms with Crippen molar-refractivity contribution in [2.75, 3.05) is 19.0 Å². The van der Waals surface area contributed by atoms with Gasteiger partial charge in [-0.25, -0.2) is 0 Å². The lowest BCUT2D eigenvalue weighted by Crippen LogP contribution is -2.16. The average Bonchev–Trinajstić information content (AvgIpc) is 2.74. The van der Waals surface area contributed by atoms with Gasteiger partial charge in [-0.15, -0.1) is 0 Å². The standard InChI is InChI=1S/C16H24N2OS/c1-11-8-12(6-7-14(11)19-5)18-15-17-10-13(20-15)9-16(2,3)4/h6-8,13H,9-10H2,1-5H3,(H,17,18). The van der Waals surface area contributed by atoms with E-state index in [-0.39, 0.29) is 0 Å². The molecular formula is C16H24N2OS. The lowest BCUT2D eigenvalue weighted by Gasteiger charge is -2.21. The van der Waals surface area contributed by atoms with E-state index in [0.717, 1.165) is 28.7 Å². The van der Waals surface area contributed by atoms with E-state index in [1.54, 1.807) is 7.11 Å². The number of benzene rings is 1. The summed E-state index contributed by atoms with van der Waals surface area (Å²) in [6.07, 6.45) is 1.19. The van der Waals surface area contributed by atoms with Crippen molar-refractivity contribution in [1.82, 2.24) is 0 Å². The molecule has 0 aromatic heterocycles. The molecule has 3 nitrogen and oxygen atoms in total. The first-order valence-electron chi connectivity index (χ1n) is 7.00. The number of nitrogens with zero attached hydrogens (tertiary/aromatic N) is 1. The van der Waals surface area contributed by atoms with Gasteiger partial charge in [0.05, 0.1) is 13.7 Å². The van der Waals surface area contributed by atoms with Gasteiger partial charge in [0, 0.05) is 10.9 Å². The Hall–Kier alpha value is -1.16. The molecule has 1 atom stereocenters. The third-order valence-electron chi connectivity index (χ3n) is 3.20. The van der Waals surface area contributed by atoms with Crippen molar-refractivity contribution in [2.24, 2.45) is 10.4 Å². The van der Waals surface area contributed by atoms with Gasteiger partial charge in [0.25, 0.3) is 0 Å². The van der Waals surface area contributed by atoms with Crippen molar-refractivity contribution in [3.05, 3.63) is 23.8 Å². The van der Waals surface area contributed by atoms with Crippen molar-refractivity contribution in [3.8, 4) is 5.75 Å². The van der Waals surface area contributed by atoms with Crippen LogP contribution in [0.15, 0.2) is 23.2 Å². The second-order valence-corrected chi connectivity index (χ2v) is 7.75. The topological polar surface area (TPSA) is 33.6 Å². The normalized spacial score (nSPS) is 18.9. The molecule has 0 saturated carbocycles. The highest BCUT2D eigenvalue weighted by atomic mass is 32.2. The fourth-order valence-corrected chi connectivity index (χ4v) is 3.73. The zero-order valence-corrected chi connectivity index (χ0v) is 13.8. The van der Waals surface area contributed by atoms with Crippen LogP contribution in [0.3, 0.4) is 0 Å². The molecule has 0 saturated heterocycles. The van der Waals surface area contributed by atoms with E-state index in [4.69, 9.17) is 4.74 Å². The van der Waals surface area contributed by atoms with Crippen LogP contribution in [0.5, 0.6) is 5.75 Å². The van der Waals surface area contributed by atoms with Crippen molar-refractivity contribution in [2.45, 2.75) is 39.4 Å². The first-order chi connectivity index (χ1) is 9.37. The van der Waals surface area contributed by atoms with Gasteiger partial charge < -0.3 is 10.1 Å². The molecule has 20 heavy (non-hydrogen) atoms. The molecule has 1 N–H and O–H groups in total. The van der Waals surface area contributed by atoms with E-state index in [0.29, 0.717) is 10.7 Å². The zero-order chi connectivity index (χ0) is 14.8. The number of aliphatic imine (C=N–C) groups is 1. The van der Waals surface area contributed by atoms with Crippen LogP contribution >= 0.6 is 11.8 Å². The van der Waals surface area contributed by atoms with Crippen molar-refractivity contribution in [1.29, 1.82) is 0 Å². The predicted octanol–water partition coefficient (Wildman–Crippen LogP) is 4.32. The Morgan fingerprint density at radius 3 is 2.75 bits per heavy atom. The number of hydrogen-bond acceptors (Lipinski definition) is 4. The van der Waals surface area contributed by atoms with Crippen LogP contribution < -0.4 is 10.1 Å². The molecule has 1 aromatic carbocycles. The Labute approximate surface area is 126 Å². The first-order valence-corrected chi connectivity index (χ1v) is 7.88. The number of thioether (sulfide) groups is 1. The summed E-state index contributed by atoms with van der Waals surface area (Å²) in [6, 6.07) is 6.12. The highest BCUT2D eigenvalue weighted by Crippen LogP contribution is 2.32. The molecule has 1 aliphatic heterocycles. The number of hydrogen-bond donors (Lipinski definition) is 1. The fourth-order valence-electron chi connectivity index (χ4n) is 2.36. The quantitative estimate of drug-likeness (QED) is 0.900. The fraction of sp³-hybridized carbons (Fsp3) is 0.562. The van der Waals surface area contributed by atoms with Crippen LogP contribution in [0.25, 0.3) is 0 Å². The van der Waals surface area contributed by atoms with Crippen LogP contribution in [-0.2, 0) is 0 Å². The molecule has 1 heterocycles. The Kier molecular flexibility index (Phi) is 4.63. The molecule has 0 bridgehead atoms. The zero-order valence-electron chi connectivity index (χ0n) is 13.0. The second kappa shape index (κ2) is 6.08. The first kappa shape index (κ1) is 15.2. The molecule has 2 rings (SSSR count). The monoisotopic (exact) mass is 292 g/mol. The smallest absolute Gasteiger partial charge is 0.161 e. The van der Waals surface area contributed by atoms with Crippen LogP contribution in [0.2, 0.25) is 0 Å². The van der Waals surface area contributed by atoms with Crippen molar-refractivity contribution in [3.63, 3.8) is 0 Å². The highest BCUT2D eigenvalue weighted by molar-refractivity contribution is 8.15. The van der Waals surface area contributed by atoms with E-state index in [2.05, 4.69) is 44.1 Å². The molecule has 1 unspecified atom stereocenters. The van der Waals surface area contributed by atoms with Gasteiger partial charge in [0.15, 0.2) is 5.17 Å². The maximum absolute atomic E-state index is 5.28. The summed E-state index contributed by atoms with van der Waals surface area (Å²) in [5.41, 5.74) is 2.57. The van der Waals surface area contributed by atoms with Crippen molar-refractivity contribution >= 4 is 22.6 Å². The minimum Gasteiger partial charge on any atom is -0.496 e. The van der Waals surface area contributed by atoms with Crippen LogP contribution in [0, 0.1) is 12.3 Å². The van der Waals surface area contributed by atoms with Gasteiger partial charge in [-0.05, 0) is 42.5 Å². The minimum absolute atomic E-state index is 0.360. The molecule has 0 radical (unpaired) electrons. The summed E-state index contributed by atoms with van der Waals surface area (Å²) >= 11 is 1.86. The maximum Gasteiger partial charge on any atom is 0.161 e. The number of amidine groups is 1. The number of anilines is 1. The summed E-state index contributed by atoms with van der Waals surface area (Å²) in [4.78, 5) is 4.61. The summed E-state index contributed by atoms with van der Waals surface area (Å²) in [5.74, 6) is 0.919. The van der Waals surface area contributed by atoms with Gasteiger partial charge in [-0.1, -0.05) is 32.5 Å². The summed E-state index contributed by atoms with van der Waals surface area (Å²) in [7, 11) is 1.70. The van der Waals surface area contributed by atoms with Gasteiger partial charge >= 0.3 is 0 Å². The number of methoxy groups -OCH3 is 1. The van der Waals surface area contributed by atoms with Gasteiger partial charge in [-0.3, -0.25) is 4.99 Å². The SMILES string of the molecule is COc1ccc(NC2=NCC(CC(C)(C)C)S2)cc1C. The molecular weight excluding hydrogens is 268 g/mol. The number of aryl methyl sites for hydroxylation is 1. The third-order valence-corrected chi connectivity index (χ3v) is 4.31. The number of ether oxygens (including phenoxy) is 1. The lowest BCUT2D eigenvalue weighted by atomic mass is 9.90.